The lowest BCUT2D eigenvalue weighted by Crippen LogP contribution is -2.43. The van der Waals surface area contributed by atoms with E-state index in [2.05, 4.69) is 5.32 Å². The number of hydrogen-bond donors (Lipinski definition) is 3. The first-order chi connectivity index (χ1) is 7.19. The van der Waals surface area contributed by atoms with E-state index in [4.69, 9.17) is 10.8 Å². The third-order valence-electron chi connectivity index (χ3n) is 3.16. The van der Waals surface area contributed by atoms with Gasteiger partial charge in [-0.05, 0) is 12.3 Å². The summed E-state index contributed by atoms with van der Waals surface area (Å²) < 4.78 is 0. The third-order valence-corrected chi connectivity index (χ3v) is 3.16. The van der Waals surface area contributed by atoms with Gasteiger partial charge in [0.05, 0.1) is 11.8 Å². The summed E-state index contributed by atoms with van der Waals surface area (Å²) in [6, 6.07) is -0.779. The number of carboxylic acid groups (broad SMARTS) is 1. The summed E-state index contributed by atoms with van der Waals surface area (Å²) in [5, 5.41) is 11.3. The number of carbonyl (C=O) groups is 3. The van der Waals surface area contributed by atoms with E-state index in [9.17, 15) is 14.4 Å². The number of carbonyl (C=O) groups excluding carboxylic acids is 2. The van der Waals surface area contributed by atoms with E-state index in [1.54, 1.807) is 13.8 Å². The standard InChI is InChI=1S/C10H16N2O4/c1-4(7(11)13)12-8(14)5-6(9(15)16)10(5,2)3/h4-6H,1-3H3,(H2,11,13)(H,12,14)(H,15,16). The molecular formula is C10H16N2O4. The van der Waals surface area contributed by atoms with Crippen molar-refractivity contribution in [1.82, 2.24) is 5.32 Å². The van der Waals surface area contributed by atoms with Gasteiger partial charge in [0, 0.05) is 0 Å². The van der Waals surface area contributed by atoms with Crippen molar-refractivity contribution >= 4 is 17.8 Å². The molecule has 3 unspecified atom stereocenters. The number of hydrogen-bond acceptors (Lipinski definition) is 3. The highest BCUT2D eigenvalue weighted by molar-refractivity contribution is 5.94. The second-order valence-electron chi connectivity index (χ2n) is 4.75. The van der Waals surface area contributed by atoms with Crippen LogP contribution >= 0.6 is 0 Å². The minimum Gasteiger partial charge on any atom is -0.481 e. The molecule has 0 aromatic rings. The molecule has 1 saturated carbocycles. The van der Waals surface area contributed by atoms with Crippen LogP contribution in [-0.2, 0) is 14.4 Å². The van der Waals surface area contributed by atoms with Crippen LogP contribution in [-0.4, -0.2) is 28.9 Å². The molecule has 16 heavy (non-hydrogen) atoms. The fraction of sp³-hybridized carbons (Fsp3) is 0.700. The molecule has 0 bridgehead atoms. The Hall–Kier alpha value is -1.59. The first-order valence-corrected chi connectivity index (χ1v) is 5.02. The van der Waals surface area contributed by atoms with E-state index >= 15 is 0 Å². The molecule has 0 heterocycles. The predicted octanol–water partition coefficient (Wildman–Crippen LogP) is -0.667. The summed E-state index contributed by atoms with van der Waals surface area (Å²) >= 11 is 0. The van der Waals surface area contributed by atoms with Crippen molar-refractivity contribution in [3.8, 4) is 0 Å². The van der Waals surface area contributed by atoms with Gasteiger partial charge in [-0.15, -0.1) is 0 Å². The average molecular weight is 228 g/mol. The van der Waals surface area contributed by atoms with Crippen LogP contribution in [0.2, 0.25) is 0 Å². The van der Waals surface area contributed by atoms with Gasteiger partial charge in [0.2, 0.25) is 11.8 Å². The SMILES string of the molecule is CC(NC(=O)C1C(C(=O)O)C1(C)C)C(N)=O. The molecule has 1 rings (SSSR count). The molecular weight excluding hydrogens is 212 g/mol. The number of aliphatic carboxylic acids is 1. The highest BCUT2D eigenvalue weighted by Crippen LogP contribution is 2.58. The van der Waals surface area contributed by atoms with E-state index in [1.165, 1.54) is 6.92 Å². The summed E-state index contributed by atoms with van der Waals surface area (Å²) in [5.74, 6) is -3.33. The third kappa shape index (κ3) is 2.00. The molecule has 0 radical (unpaired) electrons. The van der Waals surface area contributed by atoms with Gasteiger partial charge in [-0.2, -0.15) is 0 Å². The maximum absolute atomic E-state index is 11.7. The number of rotatable bonds is 4. The summed E-state index contributed by atoms with van der Waals surface area (Å²) in [7, 11) is 0. The van der Waals surface area contributed by atoms with Crippen LogP contribution in [0.15, 0.2) is 0 Å². The van der Waals surface area contributed by atoms with Gasteiger partial charge in [-0.3, -0.25) is 14.4 Å². The molecule has 0 saturated heterocycles. The van der Waals surface area contributed by atoms with Crippen LogP contribution in [0.25, 0.3) is 0 Å². The van der Waals surface area contributed by atoms with Gasteiger partial charge in [0.25, 0.3) is 0 Å². The molecule has 3 atom stereocenters. The summed E-state index contributed by atoms with van der Waals surface area (Å²) in [4.78, 5) is 33.3. The van der Waals surface area contributed by atoms with Gasteiger partial charge >= 0.3 is 5.97 Å². The van der Waals surface area contributed by atoms with Crippen LogP contribution < -0.4 is 11.1 Å². The maximum Gasteiger partial charge on any atom is 0.307 e. The molecule has 1 aliphatic rings. The molecule has 6 heteroatoms. The molecule has 2 amide bonds. The second-order valence-corrected chi connectivity index (χ2v) is 4.75. The van der Waals surface area contributed by atoms with Crippen LogP contribution in [0.4, 0.5) is 0 Å². The second kappa shape index (κ2) is 3.77. The fourth-order valence-corrected chi connectivity index (χ4v) is 1.96. The summed E-state index contributed by atoms with van der Waals surface area (Å²) in [6.07, 6.45) is 0. The molecule has 1 aliphatic carbocycles. The van der Waals surface area contributed by atoms with Crippen molar-refractivity contribution in [2.75, 3.05) is 0 Å². The molecule has 0 spiro atoms. The zero-order valence-corrected chi connectivity index (χ0v) is 9.48. The molecule has 90 valence electrons. The van der Waals surface area contributed by atoms with E-state index in [0.29, 0.717) is 0 Å². The lowest BCUT2D eigenvalue weighted by atomic mass is 10.1. The smallest absolute Gasteiger partial charge is 0.307 e. The highest BCUT2D eigenvalue weighted by atomic mass is 16.4. The van der Waals surface area contributed by atoms with Gasteiger partial charge in [-0.25, -0.2) is 0 Å². The fourth-order valence-electron chi connectivity index (χ4n) is 1.96. The minimum absolute atomic E-state index is 0.427. The maximum atomic E-state index is 11.7. The van der Waals surface area contributed by atoms with Crippen molar-refractivity contribution < 1.29 is 19.5 Å². The van der Waals surface area contributed by atoms with E-state index in [-0.39, 0.29) is 0 Å². The quantitative estimate of drug-likeness (QED) is 0.593. The van der Waals surface area contributed by atoms with Crippen LogP contribution in [0, 0.1) is 17.3 Å². The number of primary amides is 1. The lowest BCUT2D eigenvalue weighted by Gasteiger charge is -2.10. The molecule has 0 aliphatic heterocycles. The van der Waals surface area contributed by atoms with Crippen molar-refractivity contribution in [2.24, 2.45) is 23.0 Å². The topological polar surface area (TPSA) is 109 Å². The van der Waals surface area contributed by atoms with E-state index in [0.717, 1.165) is 0 Å². The van der Waals surface area contributed by atoms with E-state index < -0.39 is 41.1 Å². The molecule has 6 nitrogen and oxygen atoms in total. The predicted molar refractivity (Wildman–Crippen MR) is 55.2 cm³/mol. The van der Waals surface area contributed by atoms with Gasteiger partial charge in [-0.1, -0.05) is 13.8 Å². The summed E-state index contributed by atoms with van der Waals surface area (Å²) in [5.41, 5.74) is 4.43. The Bertz CT molecular complexity index is 351. The Morgan fingerprint density at radius 2 is 1.81 bits per heavy atom. The number of nitrogens with one attached hydrogen (secondary N) is 1. The number of amides is 2. The minimum atomic E-state index is -0.989. The Balaban J connectivity index is 2.64. The largest absolute Gasteiger partial charge is 0.481 e. The number of nitrogens with two attached hydrogens (primary N) is 1. The van der Waals surface area contributed by atoms with Crippen molar-refractivity contribution in [2.45, 2.75) is 26.8 Å². The Morgan fingerprint density at radius 3 is 2.12 bits per heavy atom. The average Bonchev–Trinajstić information content (AvgIpc) is 2.68. The highest BCUT2D eigenvalue weighted by Gasteiger charge is 2.65. The Labute approximate surface area is 93.2 Å². The molecule has 0 aromatic heterocycles. The first-order valence-electron chi connectivity index (χ1n) is 5.02. The van der Waals surface area contributed by atoms with Crippen LogP contribution in [0.3, 0.4) is 0 Å². The first kappa shape index (κ1) is 12.5. The van der Waals surface area contributed by atoms with Crippen molar-refractivity contribution in [1.29, 1.82) is 0 Å². The molecule has 0 aromatic carbocycles. The Morgan fingerprint density at radius 1 is 1.31 bits per heavy atom. The molecule has 4 N–H and O–H groups in total. The Kier molecular flexibility index (Phi) is 2.94. The summed E-state index contributed by atoms with van der Waals surface area (Å²) in [6.45, 7) is 4.89. The van der Waals surface area contributed by atoms with Crippen molar-refractivity contribution in [3.05, 3.63) is 0 Å². The van der Waals surface area contributed by atoms with Crippen LogP contribution in [0.1, 0.15) is 20.8 Å². The monoisotopic (exact) mass is 228 g/mol. The zero-order chi connectivity index (χ0) is 12.7. The normalized spacial score (nSPS) is 27.9. The van der Waals surface area contributed by atoms with Crippen molar-refractivity contribution in [3.63, 3.8) is 0 Å². The number of carboxylic acids is 1. The van der Waals surface area contributed by atoms with Crippen LogP contribution in [0.5, 0.6) is 0 Å². The zero-order valence-electron chi connectivity index (χ0n) is 9.48. The molecule has 1 fully saturated rings. The van der Waals surface area contributed by atoms with Gasteiger partial charge in [0.15, 0.2) is 0 Å². The van der Waals surface area contributed by atoms with E-state index in [1.807, 2.05) is 0 Å². The van der Waals surface area contributed by atoms with Gasteiger partial charge in [0.1, 0.15) is 6.04 Å². The lowest BCUT2D eigenvalue weighted by molar-refractivity contribution is -0.140. The van der Waals surface area contributed by atoms with Gasteiger partial charge < -0.3 is 16.2 Å².